The number of ether oxygens (including phenoxy) is 1. The van der Waals surface area contributed by atoms with Gasteiger partial charge in [-0.15, -0.1) is 0 Å². The number of carbonyl (C=O) groups excluding carboxylic acids is 2. The Bertz CT molecular complexity index is 335. The molecule has 1 rings (SSSR count). The summed E-state index contributed by atoms with van der Waals surface area (Å²) in [6.07, 6.45) is 10.9. The van der Waals surface area contributed by atoms with E-state index in [-0.39, 0.29) is 17.8 Å². The Hall–Kier alpha value is -1.06. The molecule has 0 heterocycles. The Labute approximate surface area is 135 Å². The minimum atomic E-state index is -0.249. The smallest absolute Gasteiger partial charge is 0.310 e. The minimum Gasteiger partial charge on any atom is -0.469 e. The summed E-state index contributed by atoms with van der Waals surface area (Å²) in [5.74, 6) is -0.261. The Morgan fingerprint density at radius 1 is 1.14 bits per heavy atom. The number of carbonyl (C=O) groups is 2. The van der Waals surface area contributed by atoms with Crippen molar-refractivity contribution in [2.75, 3.05) is 13.7 Å². The first kappa shape index (κ1) is 19.0. The average Bonchev–Trinajstić information content (AvgIpc) is 2.49. The second-order valence-corrected chi connectivity index (χ2v) is 6.57. The van der Waals surface area contributed by atoms with E-state index in [1.165, 1.54) is 39.2 Å². The number of hydrogen-bond donors (Lipinski definition) is 0. The van der Waals surface area contributed by atoms with E-state index in [4.69, 9.17) is 4.74 Å². The molecule has 128 valence electrons. The standard InChI is InChI=1S/C18H33NO3/c1-4-5-13-17(20)19(14-15(2)18(21)22-3)16-11-9-7-6-8-10-12-16/h15-16H,4-14H2,1-3H3. The maximum atomic E-state index is 12.6. The molecule has 1 aliphatic rings. The summed E-state index contributed by atoms with van der Waals surface area (Å²) in [5.41, 5.74) is 0. The predicted molar refractivity (Wildman–Crippen MR) is 88.5 cm³/mol. The van der Waals surface area contributed by atoms with Crippen molar-refractivity contribution in [3.05, 3.63) is 0 Å². The monoisotopic (exact) mass is 311 g/mol. The Kier molecular flexibility index (Phi) is 9.17. The molecule has 1 atom stereocenters. The van der Waals surface area contributed by atoms with E-state index >= 15 is 0 Å². The van der Waals surface area contributed by atoms with Gasteiger partial charge in [-0.2, -0.15) is 0 Å². The van der Waals surface area contributed by atoms with Crippen molar-refractivity contribution in [1.82, 2.24) is 4.90 Å². The highest BCUT2D eigenvalue weighted by atomic mass is 16.5. The topological polar surface area (TPSA) is 46.6 Å². The lowest BCUT2D eigenvalue weighted by Crippen LogP contribution is -2.44. The van der Waals surface area contributed by atoms with Gasteiger partial charge < -0.3 is 9.64 Å². The highest BCUT2D eigenvalue weighted by Gasteiger charge is 2.27. The summed E-state index contributed by atoms with van der Waals surface area (Å²) in [5, 5.41) is 0. The normalized spacial score (nSPS) is 18.1. The van der Waals surface area contributed by atoms with E-state index in [1.807, 2.05) is 11.8 Å². The van der Waals surface area contributed by atoms with Crippen LogP contribution < -0.4 is 0 Å². The molecule has 0 radical (unpaired) electrons. The molecule has 1 fully saturated rings. The van der Waals surface area contributed by atoms with Crippen molar-refractivity contribution in [2.24, 2.45) is 5.92 Å². The van der Waals surface area contributed by atoms with Crippen LogP contribution in [0, 0.1) is 5.92 Å². The molecular weight excluding hydrogens is 278 g/mol. The number of nitrogens with zero attached hydrogens (tertiary/aromatic N) is 1. The molecule has 0 aromatic rings. The van der Waals surface area contributed by atoms with Crippen LogP contribution in [-0.4, -0.2) is 36.5 Å². The van der Waals surface area contributed by atoms with Crippen LogP contribution in [0.3, 0.4) is 0 Å². The van der Waals surface area contributed by atoms with Gasteiger partial charge in [-0.1, -0.05) is 52.4 Å². The lowest BCUT2D eigenvalue weighted by molar-refractivity contribution is -0.147. The van der Waals surface area contributed by atoms with E-state index in [0.717, 1.165) is 25.7 Å². The molecule has 1 amide bonds. The van der Waals surface area contributed by atoms with Gasteiger partial charge >= 0.3 is 5.97 Å². The molecule has 0 saturated heterocycles. The van der Waals surface area contributed by atoms with Crippen molar-refractivity contribution in [2.45, 2.75) is 84.1 Å². The molecule has 1 unspecified atom stereocenters. The summed E-state index contributed by atoms with van der Waals surface area (Å²) in [4.78, 5) is 26.3. The average molecular weight is 311 g/mol. The van der Waals surface area contributed by atoms with Crippen molar-refractivity contribution < 1.29 is 14.3 Å². The molecule has 0 bridgehead atoms. The van der Waals surface area contributed by atoms with Gasteiger partial charge in [0.05, 0.1) is 13.0 Å². The highest BCUT2D eigenvalue weighted by molar-refractivity contribution is 5.78. The number of unbranched alkanes of at least 4 members (excludes halogenated alkanes) is 1. The summed E-state index contributed by atoms with van der Waals surface area (Å²) in [6.45, 7) is 4.46. The predicted octanol–water partition coefficient (Wildman–Crippen LogP) is 3.93. The SMILES string of the molecule is CCCCC(=O)N(CC(C)C(=O)OC)C1CCCCCCC1. The molecule has 4 nitrogen and oxygen atoms in total. The second-order valence-electron chi connectivity index (χ2n) is 6.57. The van der Waals surface area contributed by atoms with Gasteiger partial charge in [-0.3, -0.25) is 9.59 Å². The quantitative estimate of drug-likeness (QED) is 0.669. The number of amides is 1. The van der Waals surface area contributed by atoms with Crippen molar-refractivity contribution >= 4 is 11.9 Å². The van der Waals surface area contributed by atoms with Crippen molar-refractivity contribution in [1.29, 1.82) is 0 Å². The van der Waals surface area contributed by atoms with E-state index in [1.54, 1.807) is 0 Å². The number of rotatable bonds is 7. The molecule has 0 aliphatic heterocycles. The highest BCUT2D eigenvalue weighted by Crippen LogP contribution is 2.23. The van der Waals surface area contributed by atoms with Gasteiger partial charge in [-0.25, -0.2) is 0 Å². The summed E-state index contributed by atoms with van der Waals surface area (Å²) in [7, 11) is 1.41. The van der Waals surface area contributed by atoms with Gasteiger partial charge in [0.25, 0.3) is 0 Å². The van der Waals surface area contributed by atoms with Crippen molar-refractivity contribution in [3.63, 3.8) is 0 Å². The zero-order valence-corrected chi connectivity index (χ0v) is 14.6. The van der Waals surface area contributed by atoms with Gasteiger partial charge in [-0.05, 0) is 19.3 Å². The number of esters is 1. The summed E-state index contributed by atoms with van der Waals surface area (Å²) in [6, 6.07) is 0.303. The van der Waals surface area contributed by atoms with Crippen LogP contribution in [0.2, 0.25) is 0 Å². The first-order chi connectivity index (χ1) is 10.6. The zero-order valence-electron chi connectivity index (χ0n) is 14.6. The van der Waals surface area contributed by atoms with Gasteiger partial charge in [0.2, 0.25) is 5.91 Å². The lowest BCUT2D eigenvalue weighted by atomic mass is 9.94. The minimum absolute atomic E-state index is 0.211. The Balaban J connectivity index is 2.74. The summed E-state index contributed by atoms with van der Waals surface area (Å²) >= 11 is 0. The van der Waals surface area contributed by atoms with Gasteiger partial charge in [0, 0.05) is 19.0 Å². The third kappa shape index (κ3) is 6.37. The Morgan fingerprint density at radius 2 is 1.73 bits per heavy atom. The van der Waals surface area contributed by atoms with Crippen LogP contribution in [0.5, 0.6) is 0 Å². The van der Waals surface area contributed by atoms with E-state index in [2.05, 4.69) is 6.92 Å². The molecule has 22 heavy (non-hydrogen) atoms. The fraction of sp³-hybridized carbons (Fsp3) is 0.889. The molecule has 0 aromatic carbocycles. The van der Waals surface area contributed by atoms with Gasteiger partial charge in [0.1, 0.15) is 0 Å². The number of methoxy groups -OCH3 is 1. The molecule has 0 N–H and O–H groups in total. The third-order valence-corrected chi connectivity index (χ3v) is 4.65. The maximum absolute atomic E-state index is 12.6. The molecule has 1 aliphatic carbocycles. The molecule has 0 spiro atoms. The molecular formula is C18H33NO3. The van der Waals surface area contributed by atoms with Crippen LogP contribution in [0.4, 0.5) is 0 Å². The zero-order chi connectivity index (χ0) is 16.4. The summed E-state index contributed by atoms with van der Waals surface area (Å²) < 4.78 is 4.83. The second kappa shape index (κ2) is 10.6. The third-order valence-electron chi connectivity index (χ3n) is 4.65. The van der Waals surface area contributed by atoms with Crippen LogP contribution in [-0.2, 0) is 14.3 Å². The fourth-order valence-electron chi connectivity index (χ4n) is 3.24. The maximum Gasteiger partial charge on any atom is 0.310 e. The van der Waals surface area contributed by atoms with Gasteiger partial charge in [0.15, 0.2) is 0 Å². The van der Waals surface area contributed by atoms with Crippen molar-refractivity contribution in [3.8, 4) is 0 Å². The largest absolute Gasteiger partial charge is 0.469 e. The lowest BCUT2D eigenvalue weighted by Gasteiger charge is -2.34. The van der Waals surface area contributed by atoms with Crippen LogP contribution in [0.15, 0.2) is 0 Å². The van der Waals surface area contributed by atoms with Crippen LogP contribution >= 0.6 is 0 Å². The van der Waals surface area contributed by atoms with Crippen LogP contribution in [0.1, 0.15) is 78.1 Å². The first-order valence-electron chi connectivity index (χ1n) is 8.97. The van der Waals surface area contributed by atoms with Crippen LogP contribution in [0.25, 0.3) is 0 Å². The van der Waals surface area contributed by atoms with E-state index < -0.39 is 0 Å². The molecule has 1 saturated carbocycles. The number of hydrogen-bond acceptors (Lipinski definition) is 3. The fourth-order valence-corrected chi connectivity index (χ4v) is 3.24. The van der Waals surface area contributed by atoms with E-state index in [9.17, 15) is 9.59 Å². The molecule has 0 aromatic heterocycles. The first-order valence-corrected chi connectivity index (χ1v) is 8.97. The van der Waals surface area contributed by atoms with E-state index in [0.29, 0.717) is 19.0 Å². The molecule has 4 heteroatoms. The Morgan fingerprint density at radius 3 is 2.27 bits per heavy atom.